The molecule has 0 aliphatic rings. The number of nitrogens with zero attached hydrogens (tertiary/aromatic N) is 2. The Balaban J connectivity index is 2.01. The van der Waals surface area contributed by atoms with E-state index in [4.69, 9.17) is 9.47 Å². The molecule has 0 aliphatic heterocycles. The summed E-state index contributed by atoms with van der Waals surface area (Å²) in [5.74, 6) is 0.0922. The van der Waals surface area contributed by atoms with E-state index in [1.165, 1.54) is 24.1 Å². The maximum Gasteiger partial charge on any atom is 0.264 e. The number of unbranched alkanes of at least 4 members (excludes halogenated alkanes) is 1. The van der Waals surface area contributed by atoms with Gasteiger partial charge >= 0.3 is 0 Å². The molecular formula is C30H37N3O6S. The Morgan fingerprint density at radius 3 is 2.17 bits per heavy atom. The number of para-hydroxylation sites is 2. The van der Waals surface area contributed by atoms with Gasteiger partial charge in [0, 0.05) is 13.1 Å². The van der Waals surface area contributed by atoms with Crippen LogP contribution in [0.2, 0.25) is 0 Å². The van der Waals surface area contributed by atoms with Gasteiger partial charge in [-0.2, -0.15) is 0 Å². The summed E-state index contributed by atoms with van der Waals surface area (Å²) in [6, 6.07) is 20.8. The molecule has 0 fully saturated rings. The van der Waals surface area contributed by atoms with Crippen molar-refractivity contribution in [3.63, 3.8) is 0 Å². The van der Waals surface area contributed by atoms with Crippen molar-refractivity contribution < 1.29 is 27.5 Å². The molecule has 3 aromatic carbocycles. The van der Waals surface area contributed by atoms with Crippen LogP contribution in [0.4, 0.5) is 5.69 Å². The maximum absolute atomic E-state index is 14.0. The van der Waals surface area contributed by atoms with Gasteiger partial charge in [0.05, 0.1) is 24.8 Å². The van der Waals surface area contributed by atoms with Crippen molar-refractivity contribution in [1.82, 2.24) is 10.2 Å². The number of nitrogens with one attached hydrogen (secondary N) is 1. The minimum absolute atomic E-state index is 0.0285. The van der Waals surface area contributed by atoms with Crippen LogP contribution in [0.5, 0.6) is 11.5 Å². The summed E-state index contributed by atoms with van der Waals surface area (Å²) in [5, 5.41) is 2.88. The number of carbonyl (C=O) groups is 2. The van der Waals surface area contributed by atoms with Crippen molar-refractivity contribution in [2.45, 2.75) is 44.2 Å². The van der Waals surface area contributed by atoms with E-state index in [1.807, 2.05) is 6.92 Å². The summed E-state index contributed by atoms with van der Waals surface area (Å²) in [7, 11) is -1.17. The molecule has 1 N–H and O–H groups in total. The number of hydrogen-bond donors (Lipinski definition) is 1. The average Bonchev–Trinajstić information content (AvgIpc) is 2.98. The van der Waals surface area contributed by atoms with Crippen LogP contribution in [-0.2, 0) is 26.2 Å². The number of ether oxygens (including phenoxy) is 2. The highest BCUT2D eigenvalue weighted by Crippen LogP contribution is 2.32. The maximum atomic E-state index is 14.0. The number of hydrogen-bond acceptors (Lipinski definition) is 6. The smallest absolute Gasteiger partial charge is 0.264 e. The summed E-state index contributed by atoms with van der Waals surface area (Å²) >= 11 is 0. The van der Waals surface area contributed by atoms with Gasteiger partial charge in [-0.25, -0.2) is 8.42 Å². The summed E-state index contributed by atoms with van der Waals surface area (Å²) < 4.78 is 39.5. The molecule has 0 bridgehead atoms. The van der Waals surface area contributed by atoms with Crippen LogP contribution in [0.25, 0.3) is 0 Å². The zero-order valence-corrected chi connectivity index (χ0v) is 24.2. The molecule has 214 valence electrons. The number of amides is 2. The van der Waals surface area contributed by atoms with Crippen LogP contribution in [-0.4, -0.2) is 58.5 Å². The quantitative estimate of drug-likeness (QED) is 0.292. The molecule has 0 aliphatic carbocycles. The Morgan fingerprint density at radius 2 is 1.55 bits per heavy atom. The van der Waals surface area contributed by atoms with E-state index >= 15 is 0 Å². The number of methoxy groups -OCH3 is 2. The number of rotatable bonds is 14. The number of carbonyl (C=O) groups excluding carboxylic acids is 2. The number of sulfonamides is 1. The molecule has 0 radical (unpaired) electrons. The summed E-state index contributed by atoms with van der Waals surface area (Å²) in [6.45, 7) is 3.70. The van der Waals surface area contributed by atoms with Crippen molar-refractivity contribution in [3.05, 3.63) is 84.4 Å². The Labute approximate surface area is 236 Å². The monoisotopic (exact) mass is 567 g/mol. The first kappa shape index (κ1) is 30.5. The average molecular weight is 568 g/mol. The zero-order chi connectivity index (χ0) is 29.1. The molecule has 0 spiro atoms. The Morgan fingerprint density at radius 1 is 0.900 bits per heavy atom. The van der Waals surface area contributed by atoms with Crippen molar-refractivity contribution in [2.75, 3.05) is 31.6 Å². The molecule has 40 heavy (non-hydrogen) atoms. The lowest BCUT2D eigenvalue weighted by molar-refractivity contribution is -0.139. The highest BCUT2D eigenvalue weighted by molar-refractivity contribution is 7.92. The fourth-order valence-corrected chi connectivity index (χ4v) is 5.56. The van der Waals surface area contributed by atoms with Crippen LogP contribution >= 0.6 is 0 Å². The first-order valence-electron chi connectivity index (χ1n) is 13.1. The van der Waals surface area contributed by atoms with E-state index in [9.17, 15) is 18.0 Å². The van der Waals surface area contributed by atoms with Crippen LogP contribution in [0.3, 0.4) is 0 Å². The van der Waals surface area contributed by atoms with E-state index in [1.54, 1.807) is 80.8 Å². The lowest BCUT2D eigenvalue weighted by Crippen LogP contribution is -2.51. The Kier molecular flexibility index (Phi) is 11.0. The van der Waals surface area contributed by atoms with Crippen LogP contribution in [0, 0.1) is 0 Å². The topological polar surface area (TPSA) is 105 Å². The lowest BCUT2D eigenvalue weighted by Gasteiger charge is -2.32. The third-order valence-electron chi connectivity index (χ3n) is 6.47. The van der Waals surface area contributed by atoms with E-state index in [0.717, 1.165) is 22.7 Å². The summed E-state index contributed by atoms with van der Waals surface area (Å²) in [4.78, 5) is 28.5. The van der Waals surface area contributed by atoms with Gasteiger partial charge in [0.1, 0.15) is 24.1 Å². The van der Waals surface area contributed by atoms with Crippen molar-refractivity contribution in [1.29, 1.82) is 0 Å². The normalized spacial score (nSPS) is 11.8. The van der Waals surface area contributed by atoms with Crippen molar-refractivity contribution >= 4 is 27.5 Å². The molecule has 0 unspecified atom stereocenters. The van der Waals surface area contributed by atoms with Crippen LogP contribution in [0.1, 0.15) is 32.3 Å². The van der Waals surface area contributed by atoms with Gasteiger partial charge in [0.2, 0.25) is 11.8 Å². The predicted octanol–water partition coefficient (Wildman–Crippen LogP) is 4.23. The van der Waals surface area contributed by atoms with Gasteiger partial charge in [-0.05, 0) is 55.3 Å². The van der Waals surface area contributed by atoms with Crippen LogP contribution < -0.4 is 19.1 Å². The van der Waals surface area contributed by atoms with Gasteiger partial charge < -0.3 is 19.7 Å². The van der Waals surface area contributed by atoms with Gasteiger partial charge in [-0.3, -0.25) is 13.9 Å². The second-order valence-electron chi connectivity index (χ2n) is 9.19. The first-order valence-corrected chi connectivity index (χ1v) is 14.6. The number of benzene rings is 3. The van der Waals surface area contributed by atoms with Gasteiger partial charge in [0.25, 0.3) is 10.0 Å². The van der Waals surface area contributed by atoms with Crippen LogP contribution in [0.15, 0.2) is 83.8 Å². The molecule has 0 heterocycles. The lowest BCUT2D eigenvalue weighted by atomic mass is 10.1. The third kappa shape index (κ3) is 7.53. The molecule has 3 aromatic rings. The summed E-state index contributed by atoms with van der Waals surface area (Å²) in [5.41, 5.74) is 0.976. The Hall–Kier alpha value is -4.05. The minimum atomic E-state index is -4.17. The van der Waals surface area contributed by atoms with E-state index < -0.39 is 28.5 Å². The van der Waals surface area contributed by atoms with E-state index in [0.29, 0.717) is 18.0 Å². The predicted molar refractivity (Wildman–Crippen MR) is 155 cm³/mol. The van der Waals surface area contributed by atoms with Gasteiger partial charge in [0.15, 0.2) is 0 Å². The molecule has 1 atom stereocenters. The minimum Gasteiger partial charge on any atom is -0.497 e. The molecular weight excluding hydrogens is 530 g/mol. The zero-order valence-electron chi connectivity index (χ0n) is 23.4. The summed E-state index contributed by atoms with van der Waals surface area (Å²) in [6.07, 6.45) is 1.72. The second-order valence-corrected chi connectivity index (χ2v) is 11.0. The van der Waals surface area contributed by atoms with Gasteiger partial charge in [-0.15, -0.1) is 0 Å². The fourth-order valence-electron chi connectivity index (χ4n) is 4.12. The molecule has 0 aromatic heterocycles. The second kappa shape index (κ2) is 14.4. The van der Waals surface area contributed by atoms with Gasteiger partial charge in [-0.1, -0.05) is 55.8 Å². The fraction of sp³-hybridized carbons (Fsp3) is 0.333. The molecule has 2 amide bonds. The molecule has 0 saturated heterocycles. The molecule has 3 rings (SSSR count). The molecule has 10 heteroatoms. The Bertz CT molecular complexity index is 1360. The van der Waals surface area contributed by atoms with Crippen molar-refractivity contribution in [2.24, 2.45) is 0 Å². The van der Waals surface area contributed by atoms with E-state index in [-0.39, 0.29) is 23.0 Å². The SMILES string of the molecule is CCCCNC(=O)[C@@H](C)N(Cc1ccc(OC)cc1)C(=O)CN(c1ccccc1OC)S(=O)(=O)c1ccccc1. The third-order valence-corrected chi connectivity index (χ3v) is 8.25. The largest absolute Gasteiger partial charge is 0.497 e. The first-order chi connectivity index (χ1) is 19.2. The van der Waals surface area contributed by atoms with E-state index in [2.05, 4.69) is 5.32 Å². The van der Waals surface area contributed by atoms with Crippen molar-refractivity contribution in [3.8, 4) is 11.5 Å². The highest BCUT2D eigenvalue weighted by Gasteiger charge is 2.33. The standard InChI is InChI=1S/C30H37N3O6S/c1-5-6-20-31-30(35)23(2)32(21-24-16-18-25(38-3)19-17-24)29(34)22-33(27-14-10-11-15-28(27)39-4)40(36,37)26-12-8-7-9-13-26/h7-19,23H,5-6,20-22H2,1-4H3,(H,31,35)/t23-/m1/s1. The molecule has 0 saturated carbocycles. The molecule has 9 nitrogen and oxygen atoms in total. The highest BCUT2D eigenvalue weighted by atomic mass is 32.2. The number of anilines is 1.